The fourth-order valence-electron chi connectivity index (χ4n) is 5.61. The summed E-state index contributed by atoms with van der Waals surface area (Å²) in [6, 6.07) is 14.2. The molecule has 0 spiro atoms. The number of nitriles is 1. The summed E-state index contributed by atoms with van der Waals surface area (Å²) >= 11 is 0. The normalized spacial score (nSPS) is 17.7. The summed E-state index contributed by atoms with van der Waals surface area (Å²) in [6.07, 6.45) is 0.411. The number of piperidine rings is 2. The minimum absolute atomic E-state index is 0.00939. The molecule has 0 aromatic heterocycles. The van der Waals surface area contributed by atoms with Crippen LogP contribution in [0, 0.1) is 17.2 Å². The Balaban J connectivity index is 1.19. The number of carbonyl (C=O) groups excluding carboxylic acids is 1. The lowest BCUT2D eigenvalue weighted by molar-refractivity contribution is -0.137. The maximum Gasteiger partial charge on any atom is 0.417 e. The summed E-state index contributed by atoms with van der Waals surface area (Å²) in [4.78, 5) is 17.2. The monoisotopic (exact) mass is 540 g/mol. The second-order valence-electron chi connectivity index (χ2n) is 11.9. The second-order valence-corrected chi connectivity index (χ2v) is 11.9. The van der Waals surface area contributed by atoms with E-state index in [1.165, 1.54) is 23.4 Å². The Kier molecular flexibility index (Phi) is 8.78. The van der Waals surface area contributed by atoms with Gasteiger partial charge in [0.15, 0.2) is 0 Å². The van der Waals surface area contributed by atoms with Gasteiger partial charge >= 0.3 is 6.18 Å². The summed E-state index contributed by atoms with van der Waals surface area (Å²) < 4.78 is 39.8. The van der Waals surface area contributed by atoms with Crippen LogP contribution in [0.3, 0.4) is 0 Å². The first-order valence-corrected chi connectivity index (χ1v) is 13.9. The largest absolute Gasteiger partial charge is 0.417 e. The lowest BCUT2D eigenvalue weighted by Gasteiger charge is -2.35. The van der Waals surface area contributed by atoms with Gasteiger partial charge in [0, 0.05) is 50.0 Å². The summed E-state index contributed by atoms with van der Waals surface area (Å²) in [5, 5.41) is 12.1. The summed E-state index contributed by atoms with van der Waals surface area (Å²) in [7, 11) is 0. The number of halogens is 3. The van der Waals surface area contributed by atoms with E-state index in [4.69, 9.17) is 5.26 Å². The van der Waals surface area contributed by atoms with Crippen LogP contribution in [0.5, 0.6) is 0 Å². The highest BCUT2D eigenvalue weighted by atomic mass is 19.4. The molecule has 0 saturated carbocycles. The molecule has 0 radical (unpaired) electrons. The van der Waals surface area contributed by atoms with Gasteiger partial charge in [-0.25, -0.2) is 0 Å². The van der Waals surface area contributed by atoms with Crippen molar-refractivity contribution in [2.75, 3.05) is 36.4 Å². The van der Waals surface area contributed by atoms with Crippen LogP contribution in [-0.4, -0.2) is 43.0 Å². The van der Waals surface area contributed by atoms with E-state index in [-0.39, 0.29) is 22.9 Å². The third kappa shape index (κ3) is 7.46. The molecule has 0 bridgehead atoms. The molecule has 2 saturated heterocycles. The van der Waals surface area contributed by atoms with Gasteiger partial charge < -0.3 is 15.1 Å². The molecule has 2 aliphatic rings. The van der Waals surface area contributed by atoms with Crippen molar-refractivity contribution in [2.24, 2.45) is 5.92 Å². The number of benzene rings is 2. The standard InChI is InChI=1S/C31H39F3N4O/c1-30(2,3)24-6-9-27(10-7-24)37-16-12-22(13-17-37)4-11-29(39)38-18-14-25(15-19-38)36-26-8-5-23(21-35)28(20-26)31(32,33)34/h5-10,20,22,25,36H,4,11-19H2,1-3H3. The fraction of sp³-hybridized carbons (Fsp3) is 0.548. The van der Waals surface area contributed by atoms with Gasteiger partial charge in [-0.05, 0) is 79.3 Å². The maximum absolute atomic E-state index is 13.3. The zero-order valence-electron chi connectivity index (χ0n) is 23.2. The van der Waals surface area contributed by atoms with Gasteiger partial charge in [0.1, 0.15) is 0 Å². The Morgan fingerprint density at radius 1 is 0.974 bits per heavy atom. The third-order valence-corrected chi connectivity index (χ3v) is 8.14. The smallest absolute Gasteiger partial charge is 0.382 e. The van der Waals surface area contributed by atoms with Crippen LogP contribution in [0.2, 0.25) is 0 Å². The number of likely N-dealkylation sites (tertiary alicyclic amines) is 1. The summed E-state index contributed by atoms with van der Waals surface area (Å²) in [5.41, 5.74) is 1.80. The molecule has 2 aromatic rings. The van der Waals surface area contributed by atoms with E-state index in [9.17, 15) is 18.0 Å². The predicted octanol–water partition coefficient (Wildman–Crippen LogP) is 6.97. The van der Waals surface area contributed by atoms with E-state index >= 15 is 0 Å². The van der Waals surface area contributed by atoms with Gasteiger partial charge in [0.2, 0.25) is 5.91 Å². The van der Waals surface area contributed by atoms with Crippen LogP contribution in [0.25, 0.3) is 0 Å². The van der Waals surface area contributed by atoms with Gasteiger partial charge in [0.05, 0.1) is 17.2 Å². The van der Waals surface area contributed by atoms with Crippen molar-refractivity contribution in [2.45, 2.75) is 76.9 Å². The summed E-state index contributed by atoms with van der Waals surface area (Å²) in [6.45, 7) is 9.89. The van der Waals surface area contributed by atoms with E-state index in [1.807, 2.05) is 4.90 Å². The van der Waals surface area contributed by atoms with Crippen LogP contribution in [0.1, 0.15) is 76.0 Å². The second kappa shape index (κ2) is 11.9. The number of rotatable bonds is 6. The minimum atomic E-state index is -4.58. The highest BCUT2D eigenvalue weighted by Gasteiger charge is 2.34. The third-order valence-electron chi connectivity index (χ3n) is 8.14. The van der Waals surface area contributed by atoms with Crippen molar-refractivity contribution >= 4 is 17.3 Å². The van der Waals surface area contributed by atoms with Gasteiger partial charge in [-0.15, -0.1) is 0 Å². The average Bonchev–Trinajstić information content (AvgIpc) is 2.91. The number of amides is 1. The van der Waals surface area contributed by atoms with Gasteiger partial charge in [-0.3, -0.25) is 4.79 Å². The number of carbonyl (C=O) groups is 1. The first-order chi connectivity index (χ1) is 18.4. The van der Waals surface area contributed by atoms with Crippen LogP contribution in [0.4, 0.5) is 24.5 Å². The molecule has 5 nitrogen and oxygen atoms in total. The number of alkyl halides is 3. The van der Waals surface area contributed by atoms with Crippen molar-refractivity contribution in [3.05, 3.63) is 59.2 Å². The van der Waals surface area contributed by atoms with Crippen molar-refractivity contribution < 1.29 is 18.0 Å². The number of anilines is 2. The molecule has 2 heterocycles. The van der Waals surface area contributed by atoms with Crippen LogP contribution in [-0.2, 0) is 16.4 Å². The number of nitrogens with one attached hydrogen (secondary N) is 1. The van der Waals surface area contributed by atoms with Crippen molar-refractivity contribution in [1.82, 2.24) is 4.90 Å². The van der Waals surface area contributed by atoms with Crippen molar-refractivity contribution in [3.63, 3.8) is 0 Å². The predicted molar refractivity (Wildman–Crippen MR) is 149 cm³/mol. The van der Waals surface area contributed by atoms with Crippen LogP contribution in [0.15, 0.2) is 42.5 Å². The van der Waals surface area contributed by atoms with Gasteiger partial charge in [-0.2, -0.15) is 18.4 Å². The zero-order valence-corrected chi connectivity index (χ0v) is 23.2. The minimum Gasteiger partial charge on any atom is -0.382 e. The first kappa shape index (κ1) is 28.8. The molecule has 39 heavy (non-hydrogen) atoms. The molecule has 2 aromatic carbocycles. The Labute approximate surface area is 230 Å². The highest BCUT2D eigenvalue weighted by Crippen LogP contribution is 2.34. The molecule has 2 aliphatic heterocycles. The van der Waals surface area contributed by atoms with Gasteiger partial charge in [0.25, 0.3) is 0 Å². The Morgan fingerprint density at radius 2 is 1.62 bits per heavy atom. The maximum atomic E-state index is 13.3. The number of hydrogen-bond donors (Lipinski definition) is 1. The zero-order chi connectivity index (χ0) is 28.2. The van der Waals surface area contributed by atoms with Crippen molar-refractivity contribution in [1.29, 1.82) is 5.26 Å². The molecule has 4 rings (SSSR count). The molecule has 0 unspecified atom stereocenters. The van der Waals surface area contributed by atoms with E-state index in [0.717, 1.165) is 38.4 Å². The van der Waals surface area contributed by atoms with Crippen LogP contribution >= 0.6 is 0 Å². The van der Waals surface area contributed by atoms with E-state index in [0.29, 0.717) is 44.0 Å². The number of nitrogens with zero attached hydrogens (tertiary/aromatic N) is 3. The molecule has 210 valence electrons. The average molecular weight is 541 g/mol. The molecule has 8 heteroatoms. The quantitative estimate of drug-likeness (QED) is 0.430. The van der Waals surface area contributed by atoms with E-state index < -0.39 is 11.7 Å². The fourth-order valence-corrected chi connectivity index (χ4v) is 5.61. The molecule has 1 amide bonds. The Bertz CT molecular complexity index is 1160. The van der Waals surface area contributed by atoms with Gasteiger partial charge in [-0.1, -0.05) is 32.9 Å². The Hall–Kier alpha value is -3.21. The summed E-state index contributed by atoms with van der Waals surface area (Å²) in [5.74, 6) is 0.726. The van der Waals surface area contributed by atoms with E-state index in [2.05, 4.69) is 55.3 Å². The molecule has 0 aliphatic carbocycles. The topological polar surface area (TPSA) is 59.4 Å². The first-order valence-electron chi connectivity index (χ1n) is 13.9. The molecule has 1 N–H and O–H groups in total. The van der Waals surface area contributed by atoms with Crippen LogP contribution < -0.4 is 10.2 Å². The Morgan fingerprint density at radius 3 is 2.18 bits per heavy atom. The molecule has 2 fully saturated rings. The SMILES string of the molecule is CC(C)(C)c1ccc(N2CCC(CCC(=O)N3CCC(Nc4ccc(C#N)c(C(F)(F)F)c4)CC3)CC2)cc1. The molecular formula is C31H39F3N4O. The lowest BCUT2D eigenvalue weighted by Crippen LogP contribution is -2.42. The highest BCUT2D eigenvalue weighted by molar-refractivity contribution is 5.76. The van der Waals surface area contributed by atoms with E-state index in [1.54, 1.807) is 6.07 Å². The van der Waals surface area contributed by atoms with Crippen molar-refractivity contribution in [3.8, 4) is 6.07 Å². The lowest BCUT2D eigenvalue weighted by atomic mass is 9.87. The molecular weight excluding hydrogens is 501 g/mol. The number of hydrogen-bond acceptors (Lipinski definition) is 4. The molecule has 0 atom stereocenters.